The lowest BCUT2D eigenvalue weighted by molar-refractivity contribution is 0.381. The van der Waals surface area contributed by atoms with Gasteiger partial charge in [0.25, 0.3) is 0 Å². The van der Waals surface area contributed by atoms with Gasteiger partial charge in [-0.2, -0.15) is 0 Å². The molecule has 1 atom stereocenters. The van der Waals surface area contributed by atoms with Crippen LogP contribution in [-0.2, 0) is 0 Å². The van der Waals surface area contributed by atoms with Crippen LogP contribution in [0.2, 0.25) is 0 Å². The van der Waals surface area contributed by atoms with Crippen molar-refractivity contribution in [3.63, 3.8) is 0 Å². The van der Waals surface area contributed by atoms with E-state index in [4.69, 9.17) is 5.73 Å². The van der Waals surface area contributed by atoms with Crippen molar-refractivity contribution < 1.29 is 0 Å². The molecule has 1 aliphatic rings. The van der Waals surface area contributed by atoms with Crippen molar-refractivity contribution in [1.82, 2.24) is 5.09 Å². The third-order valence-electron chi connectivity index (χ3n) is 2.01. The summed E-state index contributed by atoms with van der Waals surface area (Å²) in [6.07, 6.45) is 4.85. The fourth-order valence-corrected chi connectivity index (χ4v) is 1.62. The van der Waals surface area contributed by atoms with Gasteiger partial charge in [-0.25, -0.2) is 0 Å². The normalized spacial score (nSPS) is 36.7. The van der Waals surface area contributed by atoms with E-state index in [1.807, 2.05) is 0 Å². The van der Waals surface area contributed by atoms with Crippen molar-refractivity contribution in [3.8, 4) is 0 Å². The molecule has 0 aromatic rings. The molecule has 1 unspecified atom stereocenters. The molecule has 1 fully saturated rings. The molecule has 0 amide bonds. The molecule has 0 saturated heterocycles. The predicted molar refractivity (Wildman–Crippen MR) is 43.1 cm³/mol. The van der Waals surface area contributed by atoms with Crippen LogP contribution in [-0.4, -0.2) is 12.1 Å². The van der Waals surface area contributed by atoms with Gasteiger partial charge in [0.15, 0.2) is 0 Å². The largest absolute Gasteiger partial charge is 0.328 e. The Morgan fingerprint density at radius 2 is 1.78 bits per heavy atom. The molecule has 0 bridgehead atoms. The second kappa shape index (κ2) is 3.50. The first kappa shape index (κ1) is 7.46. The highest BCUT2D eigenvalue weighted by Gasteiger charge is 2.15. The molecule has 3 heteroatoms. The van der Waals surface area contributed by atoms with E-state index in [0.717, 1.165) is 0 Å². The minimum atomic E-state index is 0.472. The Balaban J connectivity index is 2.18. The zero-order valence-electron chi connectivity index (χ0n) is 5.64. The van der Waals surface area contributed by atoms with Gasteiger partial charge in [0.2, 0.25) is 0 Å². The monoisotopic (exact) mass is 146 g/mol. The quantitative estimate of drug-likeness (QED) is 0.533. The minimum Gasteiger partial charge on any atom is -0.328 e. The van der Waals surface area contributed by atoms with Crippen molar-refractivity contribution in [2.45, 2.75) is 37.8 Å². The van der Waals surface area contributed by atoms with Gasteiger partial charge in [0.05, 0.1) is 0 Å². The number of nitrogens with two attached hydrogens (primary N) is 1. The fraction of sp³-hybridized carbons (Fsp3) is 1.00. The molecular weight excluding hydrogens is 131 g/mol. The number of nitrogens with one attached hydrogen (secondary N) is 1. The maximum Gasteiger partial charge on any atom is 0.01000 e. The van der Waals surface area contributed by atoms with E-state index in [0.29, 0.717) is 12.1 Å². The maximum atomic E-state index is 5.72. The topological polar surface area (TPSA) is 38.0 Å². The van der Waals surface area contributed by atoms with Crippen molar-refractivity contribution in [3.05, 3.63) is 0 Å². The highest BCUT2D eigenvalue weighted by molar-refractivity contribution is 7.13. The summed E-state index contributed by atoms with van der Waals surface area (Å²) in [6.45, 7) is 0. The molecule has 0 spiro atoms. The second-order valence-electron chi connectivity index (χ2n) is 2.78. The molecule has 0 aromatic carbocycles. The molecule has 0 radical (unpaired) electrons. The molecule has 9 heavy (non-hydrogen) atoms. The third kappa shape index (κ3) is 2.21. The third-order valence-corrected chi connectivity index (χ3v) is 2.48. The number of hydrogen-bond acceptors (Lipinski definition) is 2. The highest BCUT2D eigenvalue weighted by atomic mass is 31.0. The van der Waals surface area contributed by atoms with Gasteiger partial charge in [-0.3, -0.25) is 5.09 Å². The number of rotatable bonds is 1. The molecule has 0 aromatic heterocycles. The summed E-state index contributed by atoms with van der Waals surface area (Å²) in [5.41, 5.74) is 5.72. The van der Waals surface area contributed by atoms with Crippen LogP contribution in [0.3, 0.4) is 0 Å². The summed E-state index contributed by atoms with van der Waals surface area (Å²) >= 11 is 0. The summed E-state index contributed by atoms with van der Waals surface area (Å²) < 4.78 is 0. The van der Waals surface area contributed by atoms with Gasteiger partial charge in [-0.15, -0.1) is 0 Å². The standard InChI is InChI=1S/C6H15N2P/c7-5-1-3-6(8-9)4-2-5/h5-6,8H,1-4,7,9H2. The van der Waals surface area contributed by atoms with Crippen LogP contribution in [0, 0.1) is 0 Å². The first-order chi connectivity index (χ1) is 4.33. The average molecular weight is 146 g/mol. The van der Waals surface area contributed by atoms with E-state index in [9.17, 15) is 0 Å². The Hall–Kier alpha value is 0.350. The zero-order chi connectivity index (χ0) is 6.69. The van der Waals surface area contributed by atoms with Gasteiger partial charge in [-0.1, -0.05) is 9.39 Å². The first-order valence-corrected chi connectivity index (χ1v) is 4.12. The van der Waals surface area contributed by atoms with Crippen molar-refractivity contribution >= 4 is 9.39 Å². The molecular formula is C6H15N2P. The molecule has 0 heterocycles. The molecule has 1 aliphatic carbocycles. The minimum absolute atomic E-state index is 0.472. The van der Waals surface area contributed by atoms with Crippen molar-refractivity contribution in [1.29, 1.82) is 0 Å². The first-order valence-electron chi connectivity index (χ1n) is 3.54. The van der Waals surface area contributed by atoms with Crippen LogP contribution < -0.4 is 10.8 Å². The van der Waals surface area contributed by atoms with Gasteiger partial charge >= 0.3 is 0 Å². The van der Waals surface area contributed by atoms with Crippen LogP contribution in [0.25, 0.3) is 0 Å². The van der Waals surface area contributed by atoms with Crippen LogP contribution in [0.4, 0.5) is 0 Å². The Morgan fingerprint density at radius 3 is 2.22 bits per heavy atom. The summed E-state index contributed by atoms with van der Waals surface area (Å²) in [4.78, 5) is 0. The maximum absolute atomic E-state index is 5.72. The van der Waals surface area contributed by atoms with E-state index in [1.54, 1.807) is 0 Å². The lowest BCUT2D eigenvalue weighted by atomic mass is 9.93. The van der Waals surface area contributed by atoms with Gasteiger partial charge in [-0.05, 0) is 25.7 Å². The summed E-state index contributed by atoms with van der Waals surface area (Å²) in [5.74, 6) is 0. The Morgan fingerprint density at radius 1 is 1.22 bits per heavy atom. The molecule has 1 saturated carbocycles. The second-order valence-corrected chi connectivity index (χ2v) is 3.11. The smallest absolute Gasteiger partial charge is 0.01000 e. The zero-order valence-corrected chi connectivity index (χ0v) is 6.79. The Kier molecular flexibility index (Phi) is 2.90. The number of hydrogen-bond donors (Lipinski definition) is 2. The van der Waals surface area contributed by atoms with E-state index < -0.39 is 0 Å². The molecule has 0 aliphatic heterocycles. The van der Waals surface area contributed by atoms with Crippen LogP contribution in [0.5, 0.6) is 0 Å². The fourth-order valence-electron chi connectivity index (χ4n) is 1.29. The molecule has 1 rings (SSSR count). The average Bonchev–Trinajstić information content (AvgIpc) is 1.90. The van der Waals surface area contributed by atoms with Crippen LogP contribution in [0.1, 0.15) is 25.7 Å². The van der Waals surface area contributed by atoms with E-state index in [2.05, 4.69) is 14.5 Å². The summed E-state index contributed by atoms with van der Waals surface area (Å²) in [6, 6.07) is 1.18. The highest BCUT2D eigenvalue weighted by Crippen LogP contribution is 2.17. The van der Waals surface area contributed by atoms with E-state index >= 15 is 0 Å². The Labute approximate surface area is 58.8 Å². The van der Waals surface area contributed by atoms with Crippen LogP contribution >= 0.6 is 9.39 Å². The summed E-state index contributed by atoms with van der Waals surface area (Å²) in [5, 5.41) is 3.19. The predicted octanol–water partition coefficient (Wildman–Crippen LogP) is 0.636. The van der Waals surface area contributed by atoms with E-state index in [1.165, 1.54) is 25.7 Å². The Bertz CT molecular complexity index is 79.1. The summed E-state index contributed by atoms with van der Waals surface area (Å²) in [7, 11) is 2.57. The SMILES string of the molecule is NC1CCC(NP)CC1. The lowest BCUT2D eigenvalue weighted by Gasteiger charge is -2.25. The van der Waals surface area contributed by atoms with Gasteiger partial charge < -0.3 is 5.73 Å². The lowest BCUT2D eigenvalue weighted by Crippen LogP contribution is -2.33. The van der Waals surface area contributed by atoms with Crippen molar-refractivity contribution in [2.75, 3.05) is 0 Å². The molecule has 3 N–H and O–H groups in total. The van der Waals surface area contributed by atoms with Crippen molar-refractivity contribution in [2.24, 2.45) is 5.73 Å². The van der Waals surface area contributed by atoms with Gasteiger partial charge in [0.1, 0.15) is 0 Å². The molecule has 54 valence electrons. The van der Waals surface area contributed by atoms with E-state index in [-0.39, 0.29) is 0 Å². The van der Waals surface area contributed by atoms with Gasteiger partial charge in [0, 0.05) is 12.1 Å². The van der Waals surface area contributed by atoms with Crippen LogP contribution in [0.15, 0.2) is 0 Å². The molecule has 2 nitrogen and oxygen atoms in total.